The Balaban J connectivity index is 1.76. The lowest BCUT2D eigenvalue weighted by molar-refractivity contribution is 0.0397. The number of anilines is 1. The fourth-order valence-electron chi connectivity index (χ4n) is 2.75. The third-order valence-corrected chi connectivity index (χ3v) is 3.99. The second-order valence-electron chi connectivity index (χ2n) is 5.62. The van der Waals surface area contributed by atoms with Gasteiger partial charge in [-0.25, -0.2) is 4.39 Å². The highest BCUT2D eigenvalue weighted by molar-refractivity contribution is 5.93. The van der Waals surface area contributed by atoms with E-state index in [4.69, 9.17) is 4.74 Å². The van der Waals surface area contributed by atoms with Crippen molar-refractivity contribution in [3.05, 3.63) is 59.7 Å². The predicted octanol–water partition coefficient (Wildman–Crippen LogP) is 2.55. The molecule has 0 bridgehead atoms. The summed E-state index contributed by atoms with van der Waals surface area (Å²) >= 11 is 0. The van der Waals surface area contributed by atoms with Gasteiger partial charge < -0.3 is 15.0 Å². The van der Waals surface area contributed by atoms with Gasteiger partial charge in [0.2, 0.25) is 0 Å². The molecule has 2 aromatic rings. The fourth-order valence-corrected chi connectivity index (χ4v) is 2.75. The van der Waals surface area contributed by atoms with Crippen molar-refractivity contribution < 1.29 is 13.9 Å². The number of nitrogens with zero attached hydrogens (tertiary/aromatic N) is 2. The summed E-state index contributed by atoms with van der Waals surface area (Å²) in [7, 11) is 0. The van der Waals surface area contributed by atoms with Crippen molar-refractivity contribution in [3.63, 3.8) is 0 Å². The fraction of sp³-hybridized carbons (Fsp3) is 0.333. The number of carbonyl (C=O) groups excluding carboxylic acids is 1. The summed E-state index contributed by atoms with van der Waals surface area (Å²) in [5.74, 6) is -0.435. The maximum absolute atomic E-state index is 13.1. The molecule has 1 aromatic carbocycles. The van der Waals surface area contributed by atoms with Gasteiger partial charge in [-0.1, -0.05) is 12.1 Å². The van der Waals surface area contributed by atoms with Crippen molar-refractivity contribution in [1.82, 2.24) is 10.3 Å². The van der Waals surface area contributed by atoms with Crippen LogP contribution in [0.1, 0.15) is 29.1 Å². The molecule has 5 nitrogen and oxygen atoms in total. The number of hydrogen-bond donors (Lipinski definition) is 1. The standard InChI is InChI=1S/C18H20FN3O2/c1-2-20-18(23)16-11-15(7-8-21-16)22-9-10-24-17(12-22)13-3-5-14(19)6-4-13/h3-8,11,17H,2,9-10,12H2,1H3,(H,20,23)/t17-/m0/s1. The van der Waals surface area contributed by atoms with Crippen LogP contribution in [-0.4, -0.2) is 37.1 Å². The zero-order valence-electron chi connectivity index (χ0n) is 13.5. The lowest BCUT2D eigenvalue weighted by atomic mass is 10.1. The lowest BCUT2D eigenvalue weighted by Gasteiger charge is -2.34. The first kappa shape index (κ1) is 16.4. The van der Waals surface area contributed by atoms with E-state index in [-0.39, 0.29) is 17.8 Å². The van der Waals surface area contributed by atoms with Gasteiger partial charge in [-0.3, -0.25) is 9.78 Å². The zero-order valence-corrected chi connectivity index (χ0v) is 13.5. The maximum Gasteiger partial charge on any atom is 0.269 e. The second kappa shape index (κ2) is 7.40. The van der Waals surface area contributed by atoms with Crippen molar-refractivity contribution in [3.8, 4) is 0 Å². The van der Waals surface area contributed by atoms with Crippen LogP contribution in [0.25, 0.3) is 0 Å². The van der Waals surface area contributed by atoms with Gasteiger partial charge in [-0.2, -0.15) is 0 Å². The number of aromatic nitrogens is 1. The van der Waals surface area contributed by atoms with E-state index in [1.54, 1.807) is 24.4 Å². The first-order valence-electron chi connectivity index (χ1n) is 8.03. The predicted molar refractivity (Wildman–Crippen MR) is 89.6 cm³/mol. The number of morpholine rings is 1. The van der Waals surface area contributed by atoms with E-state index in [0.717, 1.165) is 17.8 Å². The average molecular weight is 329 g/mol. The van der Waals surface area contributed by atoms with Crippen LogP contribution >= 0.6 is 0 Å². The van der Waals surface area contributed by atoms with E-state index in [9.17, 15) is 9.18 Å². The number of nitrogens with one attached hydrogen (secondary N) is 1. The molecule has 1 aromatic heterocycles. The number of hydrogen-bond acceptors (Lipinski definition) is 4. The second-order valence-corrected chi connectivity index (χ2v) is 5.62. The molecule has 0 spiro atoms. The van der Waals surface area contributed by atoms with Crippen molar-refractivity contribution >= 4 is 11.6 Å². The average Bonchev–Trinajstić information content (AvgIpc) is 2.63. The number of pyridine rings is 1. The Hall–Kier alpha value is -2.47. The number of rotatable bonds is 4. The Morgan fingerprint density at radius 3 is 2.92 bits per heavy atom. The van der Waals surface area contributed by atoms with Crippen LogP contribution in [0.15, 0.2) is 42.6 Å². The minimum atomic E-state index is -0.257. The summed E-state index contributed by atoms with van der Waals surface area (Å²) in [6, 6.07) is 10.1. The molecular weight excluding hydrogens is 309 g/mol. The summed E-state index contributed by atoms with van der Waals surface area (Å²) in [6.07, 6.45) is 1.52. The quantitative estimate of drug-likeness (QED) is 0.937. The summed E-state index contributed by atoms with van der Waals surface area (Å²) in [6.45, 7) is 4.38. The topological polar surface area (TPSA) is 54.5 Å². The van der Waals surface area contributed by atoms with Crippen LogP contribution in [0.2, 0.25) is 0 Å². The van der Waals surface area contributed by atoms with E-state index in [1.165, 1.54) is 12.1 Å². The Morgan fingerprint density at radius 2 is 2.17 bits per heavy atom. The van der Waals surface area contributed by atoms with Gasteiger partial charge >= 0.3 is 0 Å². The van der Waals surface area contributed by atoms with E-state index in [2.05, 4.69) is 15.2 Å². The van der Waals surface area contributed by atoms with Gasteiger partial charge in [0.15, 0.2) is 0 Å². The first-order chi connectivity index (χ1) is 11.7. The molecule has 1 fully saturated rings. The van der Waals surface area contributed by atoms with Gasteiger partial charge in [0, 0.05) is 31.5 Å². The van der Waals surface area contributed by atoms with Crippen molar-refractivity contribution in [1.29, 1.82) is 0 Å². The lowest BCUT2D eigenvalue weighted by Crippen LogP contribution is -2.38. The summed E-state index contributed by atoms with van der Waals surface area (Å²) in [5, 5.41) is 2.75. The molecule has 126 valence electrons. The molecule has 24 heavy (non-hydrogen) atoms. The molecule has 3 rings (SSSR count). The highest BCUT2D eigenvalue weighted by atomic mass is 19.1. The van der Waals surface area contributed by atoms with Gasteiger partial charge in [0.1, 0.15) is 17.6 Å². The van der Waals surface area contributed by atoms with Crippen molar-refractivity contribution in [2.45, 2.75) is 13.0 Å². The molecular formula is C18H20FN3O2. The Bertz CT molecular complexity index is 706. The van der Waals surface area contributed by atoms with Gasteiger partial charge in [0.05, 0.1) is 6.61 Å². The minimum Gasteiger partial charge on any atom is -0.370 e. The maximum atomic E-state index is 13.1. The molecule has 1 atom stereocenters. The minimum absolute atomic E-state index is 0.125. The smallest absolute Gasteiger partial charge is 0.269 e. The highest BCUT2D eigenvalue weighted by Crippen LogP contribution is 2.26. The third kappa shape index (κ3) is 3.71. The van der Waals surface area contributed by atoms with Gasteiger partial charge in [-0.15, -0.1) is 0 Å². The van der Waals surface area contributed by atoms with Crippen LogP contribution in [0, 0.1) is 5.82 Å². The highest BCUT2D eigenvalue weighted by Gasteiger charge is 2.23. The Labute approximate surface area is 140 Å². The molecule has 1 saturated heterocycles. The molecule has 6 heteroatoms. The SMILES string of the molecule is CCNC(=O)c1cc(N2CCO[C@H](c3ccc(F)cc3)C2)ccn1. The number of halogens is 1. The van der Waals surface area contributed by atoms with E-state index in [1.807, 2.05) is 13.0 Å². The van der Waals surface area contributed by atoms with Crippen molar-refractivity contribution in [2.24, 2.45) is 0 Å². The Morgan fingerprint density at radius 1 is 1.38 bits per heavy atom. The third-order valence-electron chi connectivity index (χ3n) is 3.99. The summed E-state index contributed by atoms with van der Waals surface area (Å²) < 4.78 is 18.9. The van der Waals surface area contributed by atoms with E-state index in [0.29, 0.717) is 25.4 Å². The monoisotopic (exact) mass is 329 g/mol. The van der Waals surface area contributed by atoms with E-state index >= 15 is 0 Å². The van der Waals surface area contributed by atoms with Crippen molar-refractivity contribution in [2.75, 3.05) is 31.1 Å². The number of carbonyl (C=O) groups is 1. The van der Waals surface area contributed by atoms with Gasteiger partial charge in [-0.05, 0) is 36.8 Å². The van der Waals surface area contributed by atoms with E-state index < -0.39 is 0 Å². The number of amides is 1. The molecule has 0 saturated carbocycles. The molecule has 0 unspecified atom stereocenters. The van der Waals surface area contributed by atoms with Crippen LogP contribution in [0.4, 0.5) is 10.1 Å². The normalized spacial score (nSPS) is 17.6. The zero-order chi connectivity index (χ0) is 16.9. The van der Waals surface area contributed by atoms with Crippen LogP contribution in [0.3, 0.4) is 0 Å². The van der Waals surface area contributed by atoms with Crippen LogP contribution < -0.4 is 10.2 Å². The number of ether oxygens (including phenoxy) is 1. The molecule has 1 aliphatic rings. The number of benzene rings is 1. The molecule has 1 N–H and O–H groups in total. The summed E-state index contributed by atoms with van der Waals surface area (Å²) in [4.78, 5) is 18.2. The largest absolute Gasteiger partial charge is 0.370 e. The molecule has 2 heterocycles. The van der Waals surface area contributed by atoms with Gasteiger partial charge in [0.25, 0.3) is 5.91 Å². The summed E-state index contributed by atoms with van der Waals surface area (Å²) in [5.41, 5.74) is 2.28. The molecule has 0 radical (unpaired) electrons. The van der Waals surface area contributed by atoms with Crippen LogP contribution in [-0.2, 0) is 4.74 Å². The Kier molecular flexibility index (Phi) is 5.05. The molecule has 0 aliphatic carbocycles. The molecule has 1 aliphatic heterocycles. The molecule has 1 amide bonds. The van der Waals surface area contributed by atoms with Crippen LogP contribution in [0.5, 0.6) is 0 Å². The first-order valence-corrected chi connectivity index (χ1v) is 8.03.